The SMILES string of the molecule is NC1=NC(c2ccc(F)c(F)c2)CO1.NC1=N[C@@H](c2ccc(F)c(F)c2)CO1. The van der Waals surface area contributed by atoms with E-state index >= 15 is 0 Å². The maximum Gasteiger partial charge on any atom is 0.282 e. The van der Waals surface area contributed by atoms with Crippen molar-refractivity contribution in [2.45, 2.75) is 12.1 Å². The van der Waals surface area contributed by atoms with E-state index in [9.17, 15) is 17.6 Å². The van der Waals surface area contributed by atoms with Crippen LogP contribution in [-0.4, -0.2) is 25.3 Å². The molecule has 0 aliphatic carbocycles. The van der Waals surface area contributed by atoms with Crippen LogP contribution in [0.25, 0.3) is 0 Å². The van der Waals surface area contributed by atoms with E-state index in [-0.39, 0.29) is 37.3 Å². The van der Waals surface area contributed by atoms with Crippen LogP contribution in [0.5, 0.6) is 0 Å². The van der Waals surface area contributed by atoms with Gasteiger partial charge in [0.2, 0.25) is 0 Å². The van der Waals surface area contributed by atoms with E-state index in [1.165, 1.54) is 12.1 Å². The number of halogens is 4. The van der Waals surface area contributed by atoms with Gasteiger partial charge in [-0.1, -0.05) is 12.1 Å². The molecule has 0 saturated heterocycles. The van der Waals surface area contributed by atoms with Crippen LogP contribution in [0.2, 0.25) is 0 Å². The lowest BCUT2D eigenvalue weighted by molar-refractivity contribution is 0.314. The van der Waals surface area contributed by atoms with Crippen LogP contribution in [0, 0.1) is 23.3 Å². The van der Waals surface area contributed by atoms with Crippen LogP contribution in [0.15, 0.2) is 46.4 Å². The third kappa shape index (κ3) is 4.51. The second kappa shape index (κ2) is 8.15. The molecule has 2 aliphatic rings. The maximum absolute atomic E-state index is 12.8. The predicted molar refractivity (Wildman–Crippen MR) is 93.3 cm³/mol. The van der Waals surface area contributed by atoms with E-state index in [1.807, 2.05) is 0 Å². The Balaban J connectivity index is 0.000000161. The van der Waals surface area contributed by atoms with Gasteiger partial charge < -0.3 is 20.9 Å². The molecule has 2 atom stereocenters. The van der Waals surface area contributed by atoms with Gasteiger partial charge in [0.15, 0.2) is 23.3 Å². The van der Waals surface area contributed by atoms with E-state index in [4.69, 9.17) is 20.9 Å². The number of nitrogens with zero attached hydrogens (tertiary/aromatic N) is 2. The van der Waals surface area contributed by atoms with Crippen LogP contribution in [0.3, 0.4) is 0 Å². The Morgan fingerprint density at radius 2 is 1.07 bits per heavy atom. The van der Waals surface area contributed by atoms with Gasteiger partial charge in [-0.15, -0.1) is 0 Å². The molecular weight excluding hydrogens is 380 g/mol. The Hall–Kier alpha value is -3.30. The van der Waals surface area contributed by atoms with Crippen molar-refractivity contribution in [3.8, 4) is 0 Å². The molecule has 2 heterocycles. The van der Waals surface area contributed by atoms with Crippen molar-refractivity contribution in [2.24, 2.45) is 21.5 Å². The van der Waals surface area contributed by atoms with Crippen molar-refractivity contribution in [2.75, 3.05) is 13.2 Å². The summed E-state index contributed by atoms with van der Waals surface area (Å²) in [6, 6.07) is 6.78. The normalized spacial score (nSPS) is 20.4. The first kappa shape index (κ1) is 19.5. The van der Waals surface area contributed by atoms with Crippen LogP contribution < -0.4 is 11.5 Å². The molecule has 0 saturated carbocycles. The van der Waals surface area contributed by atoms with E-state index in [0.29, 0.717) is 11.1 Å². The molecule has 4 N–H and O–H groups in total. The average Bonchev–Trinajstić information content (AvgIpc) is 3.29. The summed E-state index contributed by atoms with van der Waals surface area (Å²) in [5, 5.41) is 0. The van der Waals surface area contributed by atoms with Crippen LogP contribution >= 0.6 is 0 Å². The second-order valence-corrected chi connectivity index (χ2v) is 5.94. The number of rotatable bonds is 2. The van der Waals surface area contributed by atoms with Crippen molar-refractivity contribution in [1.29, 1.82) is 0 Å². The molecule has 0 amide bonds. The molecule has 2 aliphatic heterocycles. The highest BCUT2D eigenvalue weighted by atomic mass is 19.2. The summed E-state index contributed by atoms with van der Waals surface area (Å²) in [5.74, 6) is -3.51. The van der Waals surface area contributed by atoms with Gasteiger partial charge in [-0.2, -0.15) is 0 Å². The molecule has 2 aromatic carbocycles. The van der Waals surface area contributed by atoms with E-state index in [2.05, 4.69) is 9.98 Å². The molecule has 1 unspecified atom stereocenters. The smallest absolute Gasteiger partial charge is 0.282 e. The standard InChI is InChI=1S/2C9H8F2N2O/c2*10-6-2-1-5(3-7(6)11)8-4-14-9(12)13-8/h2*1-3,8H,4H2,(H2,12,13)/t8-;/m1./s1. The Morgan fingerprint density at radius 1 is 0.679 bits per heavy atom. The zero-order valence-corrected chi connectivity index (χ0v) is 14.4. The Bertz CT molecular complexity index is 860. The highest BCUT2D eigenvalue weighted by Gasteiger charge is 2.20. The van der Waals surface area contributed by atoms with Crippen molar-refractivity contribution in [3.05, 3.63) is 70.8 Å². The first-order chi connectivity index (χ1) is 13.3. The van der Waals surface area contributed by atoms with Gasteiger partial charge >= 0.3 is 0 Å². The van der Waals surface area contributed by atoms with Crippen LogP contribution in [-0.2, 0) is 9.47 Å². The minimum Gasteiger partial charge on any atom is -0.463 e. The Morgan fingerprint density at radius 3 is 1.36 bits per heavy atom. The summed E-state index contributed by atoms with van der Waals surface area (Å²) in [6.07, 6.45) is 0. The number of ether oxygens (including phenoxy) is 2. The highest BCUT2D eigenvalue weighted by molar-refractivity contribution is 5.73. The molecule has 2 aromatic rings. The van der Waals surface area contributed by atoms with Gasteiger partial charge in [0.05, 0.1) is 0 Å². The molecule has 0 spiro atoms. The van der Waals surface area contributed by atoms with E-state index in [0.717, 1.165) is 24.3 Å². The largest absolute Gasteiger partial charge is 0.463 e. The van der Waals surface area contributed by atoms with E-state index in [1.54, 1.807) is 0 Å². The number of benzene rings is 2. The summed E-state index contributed by atoms with van der Waals surface area (Å²) < 4.78 is 60.7. The quantitative estimate of drug-likeness (QED) is 0.763. The van der Waals surface area contributed by atoms with Crippen molar-refractivity contribution in [3.63, 3.8) is 0 Å². The number of amidine groups is 2. The van der Waals surface area contributed by atoms with Gasteiger partial charge in [-0.3, -0.25) is 0 Å². The van der Waals surface area contributed by atoms with Crippen LogP contribution in [0.1, 0.15) is 23.2 Å². The summed E-state index contributed by atoms with van der Waals surface area (Å²) in [4.78, 5) is 7.83. The van der Waals surface area contributed by atoms with Gasteiger partial charge in [0, 0.05) is 0 Å². The van der Waals surface area contributed by atoms with Crippen molar-refractivity contribution in [1.82, 2.24) is 0 Å². The molecule has 0 aromatic heterocycles. The molecule has 4 rings (SSSR count). The average molecular weight is 396 g/mol. The zero-order chi connectivity index (χ0) is 20.3. The van der Waals surface area contributed by atoms with Gasteiger partial charge in [0.1, 0.15) is 25.3 Å². The summed E-state index contributed by atoms with van der Waals surface area (Å²) in [6.45, 7) is 0.549. The number of hydrogen-bond acceptors (Lipinski definition) is 6. The Labute approximate surface area is 157 Å². The minimum atomic E-state index is -0.886. The second-order valence-electron chi connectivity index (χ2n) is 5.94. The third-order valence-electron chi connectivity index (χ3n) is 4.00. The molecule has 6 nitrogen and oxygen atoms in total. The fraction of sp³-hybridized carbons (Fsp3) is 0.222. The number of nitrogens with two attached hydrogens (primary N) is 2. The highest BCUT2D eigenvalue weighted by Crippen LogP contribution is 2.24. The number of hydrogen-bond donors (Lipinski definition) is 2. The Kier molecular flexibility index (Phi) is 5.67. The molecule has 0 fully saturated rings. The molecular formula is C18H16F4N4O2. The first-order valence-electron chi connectivity index (χ1n) is 8.15. The van der Waals surface area contributed by atoms with Crippen molar-refractivity contribution < 1.29 is 27.0 Å². The summed E-state index contributed by atoms with van der Waals surface area (Å²) in [7, 11) is 0. The van der Waals surface area contributed by atoms with Gasteiger partial charge in [0.25, 0.3) is 12.0 Å². The lowest BCUT2D eigenvalue weighted by Crippen LogP contribution is -2.10. The third-order valence-corrected chi connectivity index (χ3v) is 4.00. The number of aliphatic imine (C=N–C) groups is 2. The minimum absolute atomic E-state index is 0.0831. The van der Waals surface area contributed by atoms with Gasteiger partial charge in [-0.25, -0.2) is 27.5 Å². The lowest BCUT2D eigenvalue weighted by atomic mass is 10.1. The maximum atomic E-state index is 12.8. The topological polar surface area (TPSA) is 95.2 Å². The molecule has 10 heteroatoms. The molecule has 148 valence electrons. The molecule has 0 bridgehead atoms. The monoisotopic (exact) mass is 396 g/mol. The van der Waals surface area contributed by atoms with Crippen LogP contribution in [0.4, 0.5) is 17.6 Å². The fourth-order valence-electron chi connectivity index (χ4n) is 2.57. The molecule has 28 heavy (non-hydrogen) atoms. The zero-order valence-electron chi connectivity index (χ0n) is 14.4. The fourth-order valence-corrected chi connectivity index (χ4v) is 2.57. The predicted octanol–water partition coefficient (Wildman–Crippen LogP) is 2.70. The summed E-state index contributed by atoms with van der Waals surface area (Å²) >= 11 is 0. The first-order valence-corrected chi connectivity index (χ1v) is 8.15. The van der Waals surface area contributed by atoms with E-state index < -0.39 is 23.3 Å². The van der Waals surface area contributed by atoms with Gasteiger partial charge in [-0.05, 0) is 35.4 Å². The molecule has 0 radical (unpaired) electrons. The summed E-state index contributed by atoms with van der Waals surface area (Å²) in [5.41, 5.74) is 11.7. The van der Waals surface area contributed by atoms with Crippen molar-refractivity contribution >= 4 is 12.0 Å². The lowest BCUT2D eigenvalue weighted by Gasteiger charge is -2.04.